The van der Waals surface area contributed by atoms with Crippen molar-refractivity contribution in [1.29, 1.82) is 0 Å². The molecule has 2 rings (SSSR count). The number of methoxy groups -OCH3 is 1. The number of nitrogen functional groups attached to an aromatic ring is 1. The monoisotopic (exact) mass is 259 g/mol. The Labute approximate surface area is 110 Å². The Kier molecular flexibility index (Phi) is 3.92. The van der Waals surface area contributed by atoms with Crippen LogP contribution >= 0.6 is 0 Å². The van der Waals surface area contributed by atoms with Crippen LogP contribution in [0.3, 0.4) is 0 Å². The van der Waals surface area contributed by atoms with Gasteiger partial charge in [-0.05, 0) is 24.3 Å². The van der Waals surface area contributed by atoms with E-state index in [1.165, 1.54) is 13.2 Å². The minimum absolute atomic E-state index is 0.0195. The number of hydrogen-bond donors (Lipinski definition) is 1. The lowest BCUT2D eigenvalue weighted by Gasteiger charge is -2.07. The minimum Gasteiger partial charge on any atom is -0.495 e. The molecular formula is C13H13N3O3. The van der Waals surface area contributed by atoms with Gasteiger partial charge in [0.25, 0.3) is 0 Å². The fraction of sp³-hybridized carbons (Fsp3) is 0.154. The Balaban J connectivity index is 2.02. The number of nitrogens with two attached hydrogens (primary N) is 1. The lowest BCUT2D eigenvalue weighted by Crippen LogP contribution is -2.08. The molecule has 1 heterocycles. The van der Waals surface area contributed by atoms with Gasteiger partial charge >= 0.3 is 5.97 Å². The van der Waals surface area contributed by atoms with E-state index >= 15 is 0 Å². The molecule has 0 spiro atoms. The fourth-order valence-corrected chi connectivity index (χ4v) is 1.48. The van der Waals surface area contributed by atoms with Crippen LogP contribution in [0.5, 0.6) is 5.75 Å². The Bertz CT molecular complexity index is 573. The topological polar surface area (TPSA) is 87.3 Å². The zero-order valence-corrected chi connectivity index (χ0v) is 10.4. The number of carbonyl (C=O) groups is 1. The molecule has 98 valence electrons. The van der Waals surface area contributed by atoms with Crippen molar-refractivity contribution in [1.82, 2.24) is 9.97 Å². The maximum absolute atomic E-state index is 11.8. The first-order valence-electron chi connectivity index (χ1n) is 5.57. The first-order valence-corrected chi connectivity index (χ1v) is 5.57. The summed E-state index contributed by atoms with van der Waals surface area (Å²) in [5, 5.41) is 0. The maximum atomic E-state index is 11.8. The number of hydrogen-bond acceptors (Lipinski definition) is 6. The molecule has 2 aromatic rings. The van der Waals surface area contributed by atoms with E-state index < -0.39 is 5.97 Å². The lowest BCUT2D eigenvalue weighted by atomic mass is 10.2. The second kappa shape index (κ2) is 5.81. The summed E-state index contributed by atoms with van der Waals surface area (Å²) in [5.41, 5.74) is 6.46. The highest BCUT2D eigenvalue weighted by molar-refractivity contribution is 5.91. The van der Waals surface area contributed by atoms with Crippen molar-refractivity contribution < 1.29 is 14.3 Å². The van der Waals surface area contributed by atoms with Gasteiger partial charge in [0.1, 0.15) is 5.75 Å². The zero-order valence-electron chi connectivity index (χ0n) is 10.4. The van der Waals surface area contributed by atoms with Gasteiger partial charge in [-0.3, -0.25) is 0 Å². The van der Waals surface area contributed by atoms with E-state index in [1.807, 2.05) is 0 Å². The molecule has 0 aliphatic rings. The Morgan fingerprint density at radius 3 is 2.68 bits per heavy atom. The van der Waals surface area contributed by atoms with Crippen molar-refractivity contribution in [3.05, 3.63) is 48.0 Å². The summed E-state index contributed by atoms with van der Waals surface area (Å²) in [6, 6.07) is 6.40. The standard InChI is InChI=1S/C13H13N3O3/c1-18-11-4-3-9(7-10(11)14)13(17)19-8-12-15-5-2-6-16-12/h2-7H,8,14H2,1H3. The van der Waals surface area contributed by atoms with Crippen molar-refractivity contribution in [2.45, 2.75) is 6.61 Å². The Hall–Kier alpha value is -2.63. The van der Waals surface area contributed by atoms with Gasteiger partial charge in [-0.2, -0.15) is 0 Å². The SMILES string of the molecule is COc1ccc(C(=O)OCc2ncccn2)cc1N. The van der Waals surface area contributed by atoms with Gasteiger partial charge in [0.15, 0.2) is 12.4 Å². The number of ether oxygens (including phenoxy) is 2. The van der Waals surface area contributed by atoms with Crippen LogP contribution < -0.4 is 10.5 Å². The molecule has 0 fully saturated rings. The summed E-state index contributed by atoms with van der Waals surface area (Å²) in [4.78, 5) is 19.7. The summed E-state index contributed by atoms with van der Waals surface area (Å²) < 4.78 is 10.1. The van der Waals surface area contributed by atoms with Crippen molar-refractivity contribution in [2.24, 2.45) is 0 Å². The molecule has 0 radical (unpaired) electrons. The predicted octanol–water partition coefficient (Wildman–Crippen LogP) is 1.42. The van der Waals surface area contributed by atoms with E-state index in [0.717, 1.165) is 0 Å². The van der Waals surface area contributed by atoms with E-state index in [4.69, 9.17) is 15.2 Å². The van der Waals surface area contributed by atoms with Crippen LogP contribution in [0, 0.1) is 0 Å². The quantitative estimate of drug-likeness (QED) is 0.660. The summed E-state index contributed by atoms with van der Waals surface area (Å²) in [6.07, 6.45) is 3.17. The van der Waals surface area contributed by atoms with Crippen LogP contribution in [0.2, 0.25) is 0 Å². The first-order chi connectivity index (χ1) is 9.20. The second-order valence-corrected chi connectivity index (χ2v) is 3.70. The number of benzene rings is 1. The predicted molar refractivity (Wildman–Crippen MR) is 68.6 cm³/mol. The zero-order chi connectivity index (χ0) is 13.7. The lowest BCUT2D eigenvalue weighted by molar-refractivity contribution is 0.0462. The van der Waals surface area contributed by atoms with E-state index in [1.54, 1.807) is 30.6 Å². The maximum Gasteiger partial charge on any atom is 0.338 e. The molecule has 0 amide bonds. The normalized spacial score (nSPS) is 9.95. The summed E-state index contributed by atoms with van der Waals surface area (Å²) in [5.74, 6) is 0.474. The van der Waals surface area contributed by atoms with Crippen LogP contribution in [-0.4, -0.2) is 23.0 Å². The van der Waals surface area contributed by atoms with Gasteiger partial charge in [0.05, 0.1) is 18.4 Å². The van der Waals surface area contributed by atoms with Gasteiger partial charge in [0.2, 0.25) is 0 Å². The highest BCUT2D eigenvalue weighted by atomic mass is 16.5. The fourth-order valence-electron chi connectivity index (χ4n) is 1.48. The third-order valence-corrected chi connectivity index (χ3v) is 2.42. The molecule has 0 aliphatic heterocycles. The first kappa shape index (κ1) is 12.8. The van der Waals surface area contributed by atoms with Crippen LogP contribution in [0.15, 0.2) is 36.7 Å². The van der Waals surface area contributed by atoms with E-state index in [0.29, 0.717) is 22.8 Å². The van der Waals surface area contributed by atoms with Crippen LogP contribution in [0.25, 0.3) is 0 Å². The second-order valence-electron chi connectivity index (χ2n) is 3.70. The van der Waals surface area contributed by atoms with Crippen molar-refractivity contribution in [3.63, 3.8) is 0 Å². The molecule has 6 nitrogen and oxygen atoms in total. The molecule has 0 unspecified atom stereocenters. The summed E-state index contributed by atoms with van der Waals surface area (Å²) in [6.45, 7) is 0.0195. The number of aromatic nitrogens is 2. The molecule has 0 aliphatic carbocycles. The molecule has 1 aromatic heterocycles. The Morgan fingerprint density at radius 1 is 1.32 bits per heavy atom. The van der Waals surface area contributed by atoms with Gasteiger partial charge in [-0.25, -0.2) is 14.8 Å². The number of nitrogens with zero attached hydrogens (tertiary/aromatic N) is 2. The van der Waals surface area contributed by atoms with Crippen molar-refractivity contribution >= 4 is 11.7 Å². The molecule has 6 heteroatoms. The van der Waals surface area contributed by atoms with Gasteiger partial charge in [-0.1, -0.05) is 0 Å². The average Bonchev–Trinajstić information content (AvgIpc) is 2.45. The van der Waals surface area contributed by atoms with Crippen LogP contribution in [0.4, 0.5) is 5.69 Å². The molecule has 19 heavy (non-hydrogen) atoms. The number of esters is 1. The number of carbonyl (C=O) groups excluding carboxylic acids is 1. The van der Waals surface area contributed by atoms with Crippen molar-refractivity contribution in [3.8, 4) is 5.75 Å². The van der Waals surface area contributed by atoms with Gasteiger partial charge in [0, 0.05) is 12.4 Å². The molecule has 2 N–H and O–H groups in total. The summed E-state index contributed by atoms with van der Waals surface area (Å²) in [7, 11) is 1.51. The van der Waals surface area contributed by atoms with Crippen molar-refractivity contribution in [2.75, 3.05) is 12.8 Å². The Morgan fingerprint density at radius 2 is 2.05 bits per heavy atom. The average molecular weight is 259 g/mol. The third-order valence-electron chi connectivity index (χ3n) is 2.42. The highest BCUT2D eigenvalue weighted by Crippen LogP contribution is 2.22. The third kappa shape index (κ3) is 3.19. The minimum atomic E-state index is -0.484. The molecule has 0 atom stereocenters. The number of rotatable bonds is 4. The molecular weight excluding hydrogens is 246 g/mol. The smallest absolute Gasteiger partial charge is 0.338 e. The van der Waals surface area contributed by atoms with E-state index in [9.17, 15) is 4.79 Å². The van der Waals surface area contributed by atoms with Crippen LogP contribution in [0.1, 0.15) is 16.2 Å². The highest BCUT2D eigenvalue weighted by Gasteiger charge is 2.10. The van der Waals surface area contributed by atoms with Gasteiger partial charge < -0.3 is 15.2 Å². The van der Waals surface area contributed by atoms with Gasteiger partial charge in [-0.15, -0.1) is 0 Å². The number of anilines is 1. The van der Waals surface area contributed by atoms with Crippen LogP contribution in [-0.2, 0) is 11.3 Å². The molecule has 0 saturated carbocycles. The molecule has 0 saturated heterocycles. The largest absolute Gasteiger partial charge is 0.495 e. The van der Waals surface area contributed by atoms with E-state index in [-0.39, 0.29) is 6.61 Å². The molecule has 0 bridgehead atoms. The van der Waals surface area contributed by atoms with E-state index in [2.05, 4.69) is 9.97 Å². The summed E-state index contributed by atoms with van der Waals surface area (Å²) >= 11 is 0. The molecule has 1 aromatic carbocycles.